The molecule has 1 unspecified atom stereocenters. The highest BCUT2D eigenvalue weighted by molar-refractivity contribution is 7.15. The molecule has 1 saturated heterocycles. The Kier molecular flexibility index (Phi) is 10.8. The molecule has 35 heavy (non-hydrogen) atoms. The van der Waals surface area contributed by atoms with Gasteiger partial charge in [0.1, 0.15) is 12.0 Å². The van der Waals surface area contributed by atoms with Gasteiger partial charge in [-0.25, -0.2) is 15.0 Å². The number of aliphatic imine (C=N–C) groups is 1. The number of allylic oxidation sites excluding steroid dienone is 5. The molecule has 2 aromatic rings. The molecule has 0 bridgehead atoms. The predicted octanol–water partition coefficient (Wildman–Crippen LogP) is 4.40. The molecular formula is C25H30ClN7OS. The van der Waals surface area contributed by atoms with Crippen molar-refractivity contribution in [2.45, 2.75) is 38.1 Å². The summed E-state index contributed by atoms with van der Waals surface area (Å²) in [6.07, 6.45) is 22.8. The van der Waals surface area contributed by atoms with Gasteiger partial charge in [-0.1, -0.05) is 30.2 Å². The fraction of sp³-hybridized carbons (Fsp3) is 0.360. The first-order chi connectivity index (χ1) is 17.0. The van der Waals surface area contributed by atoms with Crippen molar-refractivity contribution in [2.24, 2.45) is 10.7 Å². The monoisotopic (exact) mass is 511 g/mol. The van der Waals surface area contributed by atoms with E-state index in [2.05, 4.69) is 36.1 Å². The summed E-state index contributed by atoms with van der Waals surface area (Å²) in [4.78, 5) is 21.1. The molecule has 1 aliphatic rings. The van der Waals surface area contributed by atoms with Gasteiger partial charge in [-0.05, 0) is 38.9 Å². The van der Waals surface area contributed by atoms with E-state index in [9.17, 15) is 0 Å². The highest BCUT2D eigenvalue weighted by atomic mass is 35.5. The molecule has 1 atom stereocenters. The van der Waals surface area contributed by atoms with Crippen molar-refractivity contribution in [1.82, 2.24) is 19.9 Å². The number of aromatic nitrogens is 3. The first-order valence-corrected chi connectivity index (χ1v) is 12.6. The number of nitrogens with two attached hydrogens (primary N) is 1. The third-order valence-corrected chi connectivity index (χ3v) is 6.18. The molecule has 3 N–H and O–H groups in total. The number of ether oxygens (including phenoxy) is 1. The van der Waals surface area contributed by atoms with Crippen LogP contribution in [0.5, 0.6) is 0 Å². The van der Waals surface area contributed by atoms with Crippen molar-refractivity contribution in [1.29, 1.82) is 0 Å². The summed E-state index contributed by atoms with van der Waals surface area (Å²) >= 11 is 7.33. The highest BCUT2D eigenvalue weighted by Gasteiger charge is 2.12. The maximum Gasteiger partial charge on any atom is 0.287 e. The van der Waals surface area contributed by atoms with Crippen LogP contribution in [0.3, 0.4) is 0 Å². The number of anilines is 2. The lowest BCUT2D eigenvalue weighted by Gasteiger charge is -2.13. The van der Waals surface area contributed by atoms with Crippen molar-refractivity contribution < 1.29 is 4.74 Å². The predicted molar refractivity (Wildman–Crippen MR) is 144 cm³/mol. The van der Waals surface area contributed by atoms with Crippen LogP contribution in [0.1, 0.15) is 30.3 Å². The van der Waals surface area contributed by atoms with E-state index in [1.165, 1.54) is 12.8 Å². The number of amidine groups is 1. The lowest BCUT2D eigenvalue weighted by Crippen LogP contribution is -2.19. The second-order valence-corrected chi connectivity index (χ2v) is 9.41. The van der Waals surface area contributed by atoms with E-state index in [1.54, 1.807) is 41.8 Å². The van der Waals surface area contributed by atoms with Gasteiger partial charge in [0.2, 0.25) is 0 Å². The maximum absolute atomic E-state index is 5.83. The average molecular weight is 512 g/mol. The molecule has 1 aliphatic heterocycles. The Morgan fingerprint density at radius 2 is 2.14 bits per heavy atom. The number of alkyl halides is 1. The summed E-state index contributed by atoms with van der Waals surface area (Å²) < 4.78 is 5.37. The smallest absolute Gasteiger partial charge is 0.287 e. The SMILES string of the molecule is C#CC(Cl)/C=C\C=C/COC(N)=N/C(C)=C\Cc1cnc(Nc2cnc(CN3CCCC3)cn2)s1. The molecule has 3 rings (SSSR count). The van der Waals surface area contributed by atoms with Crippen molar-refractivity contribution in [2.75, 3.05) is 25.0 Å². The Labute approximate surface area is 215 Å². The topological polar surface area (TPSA) is 102 Å². The molecule has 1 fully saturated rings. The number of hydrogen-bond acceptors (Lipinski definition) is 8. The standard InChI is InChI=1S/C25H30ClN7OS/c1-3-20(26)9-5-4-8-14-34-24(27)31-19(2)10-11-22-16-30-25(35-22)32-23-17-28-21(15-29-23)18-33-12-6-7-13-33/h1,4-5,8-10,15-17,20H,6-7,11-14,18H2,2H3,(H2,27,31)(H,29,30,32)/b8-4-,9-5-,19-10-. The van der Waals surface area contributed by atoms with E-state index < -0.39 is 5.38 Å². The minimum atomic E-state index is -0.421. The van der Waals surface area contributed by atoms with Gasteiger partial charge >= 0.3 is 0 Å². The van der Waals surface area contributed by atoms with E-state index in [0.29, 0.717) is 18.8 Å². The lowest BCUT2D eigenvalue weighted by atomic mass is 10.3. The molecule has 8 nitrogen and oxygen atoms in total. The van der Waals surface area contributed by atoms with Crippen molar-refractivity contribution in [3.05, 3.63) is 65.2 Å². The summed E-state index contributed by atoms with van der Waals surface area (Å²) in [6, 6.07) is 0.102. The second kappa shape index (κ2) is 14.3. The van der Waals surface area contributed by atoms with Crippen LogP contribution in [0.2, 0.25) is 0 Å². The largest absolute Gasteiger partial charge is 0.461 e. The molecule has 0 spiro atoms. The number of hydrogen-bond donors (Lipinski definition) is 2. The van der Waals surface area contributed by atoms with Gasteiger partial charge in [0.25, 0.3) is 6.02 Å². The molecule has 0 saturated carbocycles. The average Bonchev–Trinajstić information content (AvgIpc) is 3.53. The molecular weight excluding hydrogens is 482 g/mol. The van der Waals surface area contributed by atoms with Crippen LogP contribution in [0, 0.1) is 12.3 Å². The number of nitrogens with one attached hydrogen (secondary N) is 1. The lowest BCUT2D eigenvalue weighted by molar-refractivity contribution is 0.327. The van der Waals surface area contributed by atoms with E-state index in [1.807, 2.05) is 25.4 Å². The van der Waals surface area contributed by atoms with E-state index >= 15 is 0 Å². The van der Waals surface area contributed by atoms with Crippen LogP contribution in [-0.2, 0) is 17.7 Å². The molecule has 184 valence electrons. The molecule has 2 aromatic heterocycles. The van der Waals surface area contributed by atoms with Crippen molar-refractivity contribution >= 4 is 39.9 Å². The third kappa shape index (κ3) is 9.91. The van der Waals surface area contributed by atoms with Crippen LogP contribution in [-0.4, -0.2) is 50.9 Å². The van der Waals surface area contributed by atoms with Crippen molar-refractivity contribution in [3.8, 4) is 12.3 Å². The van der Waals surface area contributed by atoms with Gasteiger partial charge in [-0.15, -0.1) is 29.4 Å². The zero-order chi connectivity index (χ0) is 24.9. The summed E-state index contributed by atoms with van der Waals surface area (Å²) in [5, 5.41) is 3.56. The van der Waals surface area contributed by atoms with Crippen LogP contribution < -0.4 is 11.1 Å². The Morgan fingerprint density at radius 1 is 1.31 bits per heavy atom. The number of thiazole rings is 1. The Morgan fingerprint density at radius 3 is 2.89 bits per heavy atom. The Balaban J connectivity index is 1.42. The van der Waals surface area contributed by atoms with Crippen LogP contribution in [0.15, 0.2) is 59.7 Å². The normalized spacial score (nSPS) is 16.1. The van der Waals surface area contributed by atoms with E-state index in [-0.39, 0.29) is 6.02 Å². The number of terminal acetylenes is 1. The minimum absolute atomic E-state index is 0.102. The number of nitrogens with zero attached hydrogens (tertiary/aromatic N) is 5. The maximum atomic E-state index is 5.83. The number of likely N-dealkylation sites (tertiary alicyclic amines) is 1. The fourth-order valence-electron chi connectivity index (χ4n) is 3.22. The van der Waals surface area contributed by atoms with Crippen molar-refractivity contribution in [3.63, 3.8) is 0 Å². The molecule has 10 heteroatoms. The molecule has 0 aromatic carbocycles. The van der Waals surface area contributed by atoms with E-state index in [4.69, 9.17) is 28.5 Å². The molecule has 3 heterocycles. The summed E-state index contributed by atoms with van der Waals surface area (Å²) in [6.45, 7) is 5.30. The van der Waals surface area contributed by atoms with E-state index in [0.717, 1.165) is 41.0 Å². The second-order valence-electron chi connectivity index (χ2n) is 7.83. The first kappa shape index (κ1) is 26.4. The minimum Gasteiger partial charge on any atom is -0.461 e. The van der Waals surface area contributed by atoms with Gasteiger partial charge in [-0.2, -0.15) is 0 Å². The van der Waals surface area contributed by atoms with Gasteiger partial charge in [0.15, 0.2) is 10.9 Å². The fourth-order valence-corrected chi connectivity index (χ4v) is 4.09. The molecule has 0 aliphatic carbocycles. The van der Waals surface area contributed by atoms with Crippen LogP contribution in [0.4, 0.5) is 10.9 Å². The quantitative estimate of drug-likeness (QED) is 0.151. The zero-order valence-electron chi connectivity index (χ0n) is 19.7. The van der Waals surface area contributed by atoms with Gasteiger partial charge in [0, 0.05) is 29.7 Å². The van der Waals surface area contributed by atoms with Gasteiger partial charge in [-0.3, -0.25) is 9.88 Å². The highest BCUT2D eigenvalue weighted by Crippen LogP contribution is 2.22. The van der Waals surface area contributed by atoms with Gasteiger partial charge < -0.3 is 15.8 Å². The zero-order valence-corrected chi connectivity index (χ0v) is 21.3. The third-order valence-electron chi connectivity index (χ3n) is 4.98. The molecule has 0 amide bonds. The van der Waals surface area contributed by atoms with Gasteiger partial charge in [0.05, 0.1) is 18.1 Å². The number of rotatable bonds is 11. The summed E-state index contributed by atoms with van der Waals surface area (Å²) in [5.74, 6) is 3.08. The summed E-state index contributed by atoms with van der Waals surface area (Å²) in [7, 11) is 0. The summed E-state index contributed by atoms with van der Waals surface area (Å²) in [5.41, 5.74) is 7.57. The Hall–Kier alpha value is -3.19. The number of halogens is 1. The Bertz CT molecular complexity index is 1100. The first-order valence-electron chi connectivity index (χ1n) is 11.3. The van der Waals surface area contributed by atoms with Crippen LogP contribution >= 0.6 is 22.9 Å². The molecule has 0 radical (unpaired) electrons. The van der Waals surface area contributed by atoms with Crippen LogP contribution in [0.25, 0.3) is 0 Å².